The maximum absolute atomic E-state index is 11.3. The molecule has 0 aliphatic carbocycles. The molecule has 0 rings (SSSR count). The zero-order chi connectivity index (χ0) is 14.0. The normalized spacial score (nSPS) is 13.7. The molecule has 106 valence electrons. The van der Waals surface area contributed by atoms with E-state index in [4.69, 9.17) is 5.11 Å². The van der Waals surface area contributed by atoms with Crippen LogP contribution in [-0.4, -0.2) is 52.4 Å². The third-order valence-corrected chi connectivity index (χ3v) is 3.10. The van der Waals surface area contributed by atoms with Crippen LogP contribution >= 0.6 is 11.8 Å². The molecule has 6 nitrogen and oxygen atoms in total. The van der Waals surface area contributed by atoms with Crippen LogP contribution in [0.25, 0.3) is 0 Å². The average molecular weight is 278 g/mol. The number of rotatable bonds is 9. The molecule has 7 heteroatoms. The summed E-state index contributed by atoms with van der Waals surface area (Å²) in [6.45, 7) is 3.93. The first-order valence-electron chi connectivity index (χ1n) is 5.91. The van der Waals surface area contributed by atoms with E-state index in [0.717, 1.165) is 17.9 Å². The minimum atomic E-state index is -1.43. The van der Waals surface area contributed by atoms with Crippen molar-refractivity contribution in [1.29, 1.82) is 0 Å². The molecular weight excluding hydrogens is 256 g/mol. The Bertz CT molecular complexity index is 272. The Balaban J connectivity index is 3.66. The Hall–Kier alpha value is -0.950. The van der Waals surface area contributed by atoms with E-state index in [1.165, 1.54) is 6.92 Å². The Morgan fingerprint density at radius 3 is 2.56 bits per heavy atom. The van der Waals surface area contributed by atoms with Crippen molar-refractivity contribution >= 4 is 23.8 Å². The first-order valence-corrected chi connectivity index (χ1v) is 7.06. The van der Waals surface area contributed by atoms with E-state index in [1.54, 1.807) is 0 Å². The molecule has 0 aliphatic heterocycles. The highest BCUT2D eigenvalue weighted by atomic mass is 32.2. The third-order valence-electron chi connectivity index (χ3n) is 2.12. The van der Waals surface area contributed by atoms with Gasteiger partial charge in [-0.2, -0.15) is 11.8 Å². The smallest absolute Gasteiger partial charge is 0.314 e. The summed E-state index contributed by atoms with van der Waals surface area (Å²) in [5.41, 5.74) is -1.43. The fourth-order valence-electron chi connectivity index (χ4n) is 1.24. The summed E-state index contributed by atoms with van der Waals surface area (Å²) in [5, 5.41) is 23.3. The molecule has 1 atom stereocenters. The van der Waals surface area contributed by atoms with Crippen molar-refractivity contribution < 1.29 is 19.8 Å². The van der Waals surface area contributed by atoms with E-state index >= 15 is 0 Å². The van der Waals surface area contributed by atoms with Crippen molar-refractivity contribution in [2.45, 2.75) is 32.3 Å². The molecule has 4 N–H and O–H groups in total. The van der Waals surface area contributed by atoms with Gasteiger partial charge in [-0.3, -0.25) is 4.79 Å². The number of carboxylic acid groups (broad SMARTS) is 1. The number of aliphatic carboxylic acids is 1. The molecule has 0 saturated heterocycles. The Morgan fingerprint density at radius 2 is 2.00 bits per heavy atom. The first-order chi connectivity index (χ1) is 8.37. The zero-order valence-electron chi connectivity index (χ0n) is 10.9. The number of carbonyl (C=O) groups is 2. The molecule has 2 amide bonds. The largest absolute Gasteiger partial charge is 0.481 e. The van der Waals surface area contributed by atoms with Crippen molar-refractivity contribution in [1.82, 2.24) is 10.6 Å². The Morgan fingerprint density at radius 1 is 1.33 bits per heavy atom. The van der Waals surface area contributed by atoms with E-state index in [9.17, 15) is 14.7 Å². The van der Waals surface area contributed by atoms with Crippen LogP contribution in [0, 0.1) is 0 Å². The maximum atomic E-state index is 11.3. The maximum Gasteiger partial charge on any atom is 0.314 e. The zero-order valence-corrected chi connectivity index (χ0v) is 11.7. The minimum Gasteiger partial charge on any atom is -0.481 e. The Kier molecular flexibility index (Phi) is 8.57. The van der Waals surface area contributed by atoms with Crippen LogP contribution in [0.15, 0.2) is 0 Å². The lowest BCUT2D eigenvalue weighted by Gasteiger charge is -2.21. The molecule has 0 fully saturated rings. The van der Waals surface area contributed by atoms with Gasteiger partial charge in [0.05, 0.1) is 12.0 Å². The number of thioether (sulfide) groups is 1. The number of nitrogens with one attached hydrogen (secondary N) is 2. The molecular formula is C11H22N2O4S. The lowest BCUT2D eigenvalue weighted by atomic mass is 10.0. The average Bonchev–Trinajstić information content (AvgIpc) is 2.24. The van der Waals surface area contributed by atoms with Gasteiger partial charge in [0.25, 0.3) is 0 Å². The van der Waals surface area contributed by atoms with Crippen LogP contribution < -0.4 is 10.6 Å². The van der Waals surface area contributed by atoms with Gasteiger partial charge in [-0.25, -0.2) is 4.79 Å². The number of hydrogen-bond donors (Lipinski definition) is 4. The van der Waals surface area contributed by atoms with Crippen molar-refractivity contribution in [3.8, 4) is 0 Å². The van der Waals surface area contributed by atoms with Gasteiger partial charge in [-0.1, -0.05) is 6.92 Å². The summed E-state index contributed by atoms with van der Waals surface area (Å²) < 4.78 is 0. The summed E-state index contributed by atoms with van der Waals surface area (Å²) >= 11 is 1.81. The topological polar surface area (TPSA) is 98.7 Å². The number of hydrogen-bond acceptors (Lipinski definition) is 4. The second-order valence-electron chi connectivity index (χ2n) is 4.23. The summed E-state index contributed by atoms with van der Waals surface area (Å²) in [6.07, 6.45) is 0.484. The van der Waals surface area contributed by atoms with Crippen LogP contribution in [0.2, 0.25) is 0 Å². The minimum absolute atomic E-state index is 0.0884. The molecule has 0 aromatic heterocycles. The van der Waals surface area contributed by atoms with Crippen molar-refractivity contribution in [2.75, 3.05) is 24.6 Å². The van der Waals surface area contributed by atoms with Crippen LogP contribution in [0.5, 0.6) is 0 Å². The number of aliphatic hydroxyl groups is 1. The van der Waals surface area contributed by atoms with Gasteiger partial charge in [-0.05, 0) is 24.9 Å². The van der Waals surface area contributed by atoms with Crippen LogP contribution in [0.1, 0.15) is 26.7 Å². The number of amides is 2. The van der Waals surface area contributed by atoms with Crippen LogP contribution in [0.3, 0.4) is 0 Å². The van der Waals surface area contributed by atoms with Crippen molar-refractivity contribution in [2.24, 2.45) is 0 Å². The molecule has 0 aliphatic rings. The van der Waals surface area contributed by atoms with E-state index in [2.05, 4.69) is 17.6 Å². The van der Waals surface area contributed by atoms with Crippen molar-refractivity contribution in [3.05, 3.63) is 0 Å². The van der Waals surface area contributed by atoms with Crippen molar-refractivity contribution in [3.63, 3.8) is 0 Å². The number of carboxylic acids is 1. The second kappa shape index (κ2) is 9.04. The van der Waals surface area contributed by atoms with E-state index < -0.39 is 18.0 Å². The quantitative estimate of drug-likeness (QED) is 0.464. The van der Waals surface area contributed by atoms with Gasteiger partial charge in [0.15, 0.2) is 0 Å². The third kappa shape index (κ3) is 10.2. The van der Waals surface area contributed by atoms with Gasteiger partial charge >= 0.3 is 12.0 Å². The van der Waals surface area contributed by atoms with Gasteiger partial charge < -0.3 is 20.8 Å². The standard InChI is InChI=1S/C11H22N2O4S/c1-3-18-6-4-5-12-10(16)13-8-11(2,17)7-9(14)15/h17H,3-8H2,1-2H3,(H,14,15)(H2,12,13,16). The molecule has 0 aromatic rings. The van der Waals surface area contributed by atoms with E-state index in [-0.39, 0.29) is 12.6 Å². The summed E-state index contributed by atoms with van der Waals surface area (Å²) in [5.74, 6) is 0.955. The summed E-state index contributed by atoms with van der Waals surface area (Å²) in [6, 6.07) is -0.387. The number of carbonyl (C=O) groups excluding carboxylic acids is 1. The van der Waals surface area contributed by atoms with Gasteiger partial charge in [0.2, 0.25) is 0 Å². The molecule has 0 spiro atoms. The highest BCUT2D eigenvalue weighted by Crippen LogP contribution is 2.07. The molecule has 18 heavy (non-hydrogen) atoms. The second-order valence-corrected chi connectivity index (χ2v) is 5.62. The lowest BCUT2D eigenvalue weighted by molar-refractivity contribution is -0.141. The highest BCUT2D eigenvalue weighted by Gasteiger charge is 2.24. The van der Waals surface area contributed by atoms with Crippen LogP contribution in [-0.2, 0) is 4.79 Å². The van der Waals surface area contributed by atoms with E-state index in [1.807, 2.05) is 11.8 Å². The molecule has 1 unspecified atom stereocenters. The molecule has 0 aromatic carbocycles. The monoisotopic (exact) mass is 278 g/mol. The summed E-state index contributed by atoms with van der Waals surface area (Å²) in [4.78, 5) is 21.8. The van der Waals surface area contributed by atoms with Gasteiger partial charge in [0.1, 0.15) is 0 Å². The van der Waals surface area contributed by atoms with Crippen LogP contribution in [0.4, 0.5) is 4.79 Å². The van der Waals surface area contributed by atoms with Gasteiger partial charge in [-0.15, -0.1) is 0 Å². The molecule has 0 bridgehead atoms. The molecule has 0 saturated carbocycles. The fraction of sp³-hybridized carbons (Fsp3) is 0.818. The number of urea groups is 1. The molecule has 0 heterocycles. The predicted molar refractivity (Wildman–Crippen MR) is 71.9 cm³/mol. The Labute approximate surface area is 112 Å². The van der Waals surface area contributed by atoms with E-state index in [0.29, 0.717) is 6.54 Å². The highest BCUT2D eigenvalue weighted by molar-refractivity contribution is 7.99. The fourth-order valence-corrected chi connectivity index (χ4v) is 1.88. The summed E-state index contributed by atoms with van der Waals surface area (Å²) in [7, 11) is 0. The molecule has 0 radical (unpaired) electrons. The lowest BCUT2D eigenvalue weighted by Crippen LogP contribution is -2.46. The first kappa shape index (κ1) is 17.1. The SMILES string of the molecule is CCSCCCNC(=O)NCC(C)(O)CC(=O)O. The van der Waals surface area contributed by atoms with Gasteiger partial charge in [0, 0.05) is 13.1 Å². The predicted octanol–water partition coefficient (Wildman–Crippen LogP) is 0.654.